The van der Waals surface area contributed by atoms with Crippen molar-refractivity contribution in [1.82, 2.24) is 29.4 Å². The van der Waals surface area contributed by atoms with Gasteiger partial charge in [-0.1, -0.05) is 279 Å². The number of halogens is 14. The second-order valence-electron chi connectivity index (χ2n) is 37.9. The number of rotatable bonds is 12. The normalized spacial score (nSPS) is 14.6. The molecule has 6 aliphatic rings. The van der Waals surface area contributed by atoms with Gasteiger partial charge in [-0.3, -0.25) is 86.9 Å². The van der Waals surface area contributed by atoms with Gasteiger partial charge in [0.1, 0.15) is 0 Å². The molecule has 32 heteroatoms. The number of alkyl halides is 6. The molecule has 0 unspecified atom stereocenters. The SMILES string of the molecule is Cc1ccc(CN2C(=O)c3ccc4c5c(Br)cc6c7c(cc(Br)c(c8ccc(c3c48)C2=O)c75)C(=O)N(Cc2ccc(C(F)(F)F)cc2)C6=O)cc1.Cc1ccc(CN2C(=O)c3ccc4c5c(Br)cc6c7c(ccc(c8c(Br)cc(c3c48)C2=O)c75)C(=O)N(Cc2ccc(C(F)(F)F)cc2)C6=O)cc1.O=C1c2cc(Cl)c3c4c(Cl)cc5c6c(cc(Cl)c(c7c(Cl)cc(c2c37)C(=O)N1Cc1ccccc1)c64)C(=O)N(Cc1ccccc1)C5=O. The Morgan fingerprint density at radius 1 is 0.200 bits per heavy atom. The van der Waals surface area contributed by atoms with Crippen LogP contribution in [0.4, 0.5) is 26.3 Å². The van der Waals surface area contributed by atoms with Crippen LogP contribution in [-0.4, -0.2) is 100 Å². The number of amides is 12. The molecule has 6 heterocycles. The minimum atomic E-state index is -4.51. The van der Waals surface area contributed by atoms with Gasteiger partial charge in [-0.25, -0.2) is 0 Å². The number of carbonyl (C=O) groups excluding carboxylic acids is 12. The fraction of sp³-hybridized carbons (Fsp3) is 0.0847. The summed E-state index contributed by atoms with van der Waals surface area (Å²) in [7, 11) is 0. The lowest BCUT2D eigenvalue weighted by Gasteiger charge is -2.31. The summed E-state index contributed by atoms with van der Waals surface area (Å²) in [6, 6.07) is 69.6. The number of aryl methyl sites for hydroxylation is 2. The van der Waals surface area contributed by atoms with E-state index >= 15 is 0 Å². The van der Waals surface area contributed by atoms with Crippen molar-refractivity contribution in [1.29, 1.82) is 0 Å². The molecule has 27 rings (SSSR count). The Bertz CT molecular complexity index is 9480. The number of fused-ring (bicyclic) bond motifs is 6. The van der Waals surface area contributed by atoms with E-state index in [4.69, 9.17) is 46.4 Å². The fourth-order valence-corrected chi connectivity index (χ4v) is 26.4. The number of carbonyl (C=O) groups is 12. The van der Waals surface area contributed by atoms with Crippen LogP contribution in [0.2, 0.25) is 20.1 Å². The predicted octanol–water partition coefficient (Wildman–Crippen LogP) is 30.3. The summed E-state index contributed by atoms with van der Waals surface area (Å²) < 4.78 is 81.3. The van der Waals surface area contributed by atoms with Gasteiger partial charge >= 0.3 is 12.4 Å². The van der Waals surface area contributed by atoms with Gasteiger partial charge < -0.3 is 0 Å². The molecule has 21 aromatic rings. The van der Waals surface area contributed by atoms with Crippen molar-refractivity contribution in [2.75, 3.05) is 0 Å². The largest absolute Gasteiger partial charge is 0.416 e. The maximum atomic E-state index is 14.0. The smallest absolute Gasteiger partial charge is 0.270 e. The summed E-state index contributed by atoms with van der Waals surface area (Å²) >= 11 is 43.1. The van der Waals surface area contributed by atoms with Gasteiger partial charge in [-0.05, 0) is 171 Å². The summed E-state index contributed by atoms with van der Waals surface area (Å²) in [5.74, 6) is -5.87. The first kappa shape index (κ1) is 95.9. The molecule has 0 aliphatic carbocycles. The van der Waals surface area contributed by atoms with E-state index in [0.717, 1.165) is 94.4 Å². The van der Waals surface area contributed by atoms with Crippen molar-refractivity contribution in [2.45, 2.75) is 65.5 Å². The Morgan fingerprint density at radius 3 is 0.627 bits per heavy atom. The lowest BCUT2D eigenvalue weighted by atomic mass is 9.82. The van der Waals surface area contributed by atoms with E-state index in [1.165, 1.54) is 43.9 Å². The van der Waals surface area contributed by atoms with Crippen LogP contribution in [0, 0.1) is 13.8 Å². The molecule has 12 amide bonds. The van der Waals surface area contributed by atoms with Gasteiger partial charge in [0, 0.05) is 185 Å². The van der Waals surface area contributed by atoms with Gasteiger partial charge in [0.15, 0.2) is 0 Å². The van der Waals surface area contributed by atoms with Gasteiger partial charge in [-0.15, -0.1) is 0 Å². The second kappa shape index (κ2) is 34.8. The number of hydrogen-bond acceptors (Lipinski definition) is 12. The number of hydrogen-bond donors (Lipinski definition) is 0. The fourth-order valence-electron chi connectivity index (χ4n) is 22.6. The third-order valence-electron chi connectivity index (χ3n) is 29.4. The third-order valence-corrected chi connectivity index (χ3v) is 33.1. The Labute approximate surface area is 896 Å². The molecule has 150 heavy (non-hydrogen) atoms. The van der Waals surface area contributed by atoms with Crippen molar-refractivity contribution >= 4 is 310 Å². The van der Waals surface area contributed by atoms with Crippen LogP contribution in [0.1, 0.15) is 180 Å². The van der Waals surface area contributed by atoms with Crippen molar-refractivity contribution in [3.05, 3.63) is 415 Å². The molecule has 0 fully saturated rings. The quantitative estimate of drug-likeness (QED) is 0.0482. The highest BCUT2D eigenvalue weighted by Gasteiger charge is 2.46. The van der Waals surface area contributed by atoms with Crippen LogP contribution in [0.25, 0.3) is 129 Å². The summed E-state index contributed by atoms with van der Waals surface area (Å²) in [6.45, 7) is 3.89. The first-order valence-electron chi connectivity index (χ1n) is 46.7. The third kappa shape index (κ3) is 14.4. The number of nitrogens with zero attached hydrogens (tertiary/aromatic N) is 6. The maximum absolute atomic E-state index is 14.0. The van der Waals surface area contributed by atoms with Crippen molar-refractivity contribution in [3.63, 3.8) is 0 Å². The average molecular weight is 2330 g/mol. The zero-order chi connectivity index (χ0) is 105. The van der Waals surface area contributed by atoms with Gasteiger partial charge in [0.25, 0.3) is 70.9 Å². The molecule has 0 atom stereocenters. The molecular formula is C118H60Br4Cl4F6N6O12. The lowest BCUT2D eigenvalue weighted by Crippen LogP contribution is -2.40. The van der Waals surface area contributed by atoms with E-state index in [1.54, 1.807) is 78.9 Å². The molecule has 18 nitrogen and oxygen atoms in total. The zero-order valence-corrected chi connectivity index (χ0v) is 86.7. The van der Waals surface area contributed by atoms with Crippen LogP contribution in [0.3, 0.4) is 0 Å². The highest BCUT2D eigenvalue weighted by atomic mass is 79.9. The van der Waals surface area contributed by atoms with Crippen LogP contribution in [0.15, 0.2) is 273 Å². The van der Waals surface area contributed by atoms with E-state index in [2.05, 4.69) is 63.7 Å². The second-order valence-corrected chi connectivity index (χ2v) is 42.9. The molecule has 0 aromatic heterocycles. The molecular weight excluding hydrogens is 2270 g/mol. The van der Waals surface area contributed by atoms with Crippen LogP contribution in [0.5, 0.6) is 0 Å². The number of imide groups is 6. The van der Waals surface area contributed by atoms with Gasteiger partial charge in [0.05, 0.1) is 72.6 Å². The minimum Gasteiger partial charge on any atom is -0.270 e. The van der Waals surface area contributed by atoms with Crippen LogP contribution >= 0.6 is 110 Å². The standard InChI is InChI=1S/2C40H21Br2F3N2O4.C38H18Cl4N2O4/c1-18-2-4-19(5-3-18)16-46-36(48)24-12-10-22-33-29(42)15-27-31-25(37(49)47(39(27)51)17-20-6-8-21(9-7-20)40(43,44)45)13-11-23(35(31)33)32-28(41)14-26(38(46)50)30(24)34(22)32;1-18-2-4-19(5-3-18)16-46-36(48)24-12-10-22-30-23(11-13-25(31(24)30)37(46)49)34-29(42)15-27-32-26(14-28(41)33(22)35(32)34)38(50)47(39(27)51)17-20-6-8-21(9-7-20)40(43,44)45;39-23-11-19-27-20(36(46)43(35(19)45)15-17-7-3-1-4-8-17)12-24(40)30-32-26(42)14-22-28-21(13-25(41)31(34(28)32)29(23)33(27)30)37(47)44(38(22)48)16-18-9-5-2-6-10-18/h2*2-15H,16-17H2,1H3;1-14H,15-16H2. The first-order valence-corrected chi connectivity index (χ1v) is 51.3. The summed E-state index contributed by atoms with van der Waals surface area (Å²) in [6.07, 6.45) is -9.03. The Balaban J connectivity index is 0.000000117. The molecule has 0 radical (unpaired) electrons. The van der Waals surface area contributed by atoms with Gasteiger partial charge in [0.2, 0.25) is 0 Å². The van der Waals surface area contributed by atoms with E-state index in [9.17, 15) is 83.9 Å². The predicted molar refractivity (Wildman–Crippen MR) is 577 cm³/mol. The Morgan fingerprint density at radius 2 is 0.387 bits per heavy atom. The molecule has 0 saturated carbocycles. The van der Waals surface area contributed by atoms with Crippen LogP contribution < -0.4 is 0 Å². The van der Waals surface area contributed by atoms with Crippen molar-refractivity contribution in [3.8, 4) is 0 Å². The van der Waals surface area contributed by atoms with E-state index in [0.29, 0.717) is 154 Å². The first-order chi connectivity index (χ1) is 71.8. The van der Waals surface area contributed by atoms with E-state index < -0.39 is 94.4 Å². The molecule has 0 bridgehead atoms. The topological polar surface area (TPSA) is 224 Å². The zero-order valence-electron chi connectivity index (χ0n) is 77.4. The molecule has 21 aromatic carbocycles. The van der Waals surface area contributed by atoms with Crippen LogP contribution in [-0.2, 0) is 51.6 Å². The molecule has 0 N–H and O–H groups in total. The maximum Gasteiger partial charge on any atom is 0.416 e. The van der Waals surface area contributed by atoms with E-state index in [1.807, 2.05) is 141 Å². The Hall–Kier alpha value is -15.0. The van der Waals surface area contributed by atoms with Crippen molar-refractivity contribution < 1.29 is 83.9 Å². The van der Waals surface area contributed by atoms with Crippen molar-refractivity contribution in [2.24, 2.45) is 0 Å². The monoisotopic (exact) mass is 2320 g/mol. The summed E-state index contributed by atoms with van der Waals surface area (Å²) in [5.41, 5.74) is 8.11. The van der Waals surface area contributed by atoms with E-state index in [-0.39, 0.29) is 104 Å². The molecule has 0 spiro atoms. The minimum absolute atomic E-state index is 0.0624. The summed E-state index contributed by atoms with van der Waals surface area (Å²) in [4.78, 5) is 175. The highest BCUT2D eigenvalue weighted by molar-refractivity contribution is 9.11. The Kier molecular flexibility index (Phi) is 22.3. The van der Waals surface area contributed by atoms with Gasteiger partial charge in [-0.2, -0.15) is 26.3 Å². The molecule has 6 aliphatic heterocycles. The highest BCUT2D eigenvalue weighted by Crippen LogP contribution is 2.58. The number of benzene rings is 21. The average Bonchev–Trinajstić information content (AvgIpc) is 0.671. The lowest BCUT2D eigenvalue weighted by molar-refractivity contribution is -0.138. The summed E-state index contributed by atoms with van der Waals surface area (Å²) in [5, 5.41) is 14.8. The molecule has 732 valence electrons. The molecule has 0 saturated heterocycles.